The van der Waals surface area contributed by atoms with Gasteiger partial charge in [-0.05, 0) is 38.3 Å². The van der Waals surface area contributed by atoms with E-state index in [4.69, 9.17) is 9.51 Å². The number of aromatic nitrogens is 3. The molecule has 0 aliphatic heterocycles. The number of imidazole rings is 1. The number of carbonyl (C=O) groups excluding carboxylic acids is 1. The topological polar surface area (TPSA) is 73.0 Å². The highest BCUT2D eigenvalue weighted by Crippen LogP contribution is 2.28. The van der Waals surface area contributed by atoms with Crippen molar-refractivity contribution in [3.05, 3.63) is 36.1 Å². The van der Waals surface area contributed by atoms with Crippen LogP contribution in [0.1, 0.15) is 33.0 Å². The Morgan fingerprint density at radius 2 is 2.08 bits per heavy atom. The molecule has 1 unspecified atom stereocenters. The van der Waals surface area contributed by atoms with Gasteiger partial charge in [0.05, 0.1) is 16.3 Å². The lowest BCUT2D eigenvalue weighted by atomic mass is 10.1. The molecule has 1 N–H and O–H groups in total. The first kappa shape index (κ1) is 18.5. The van der Waals surface area contributed by atoms with Gasteiger partial charge >= 0.3 is 0 Å². The Labute approximate surface area is 157 Å². The predicted molar refractivity (Wildman–Crippen MR) is 104 cm³/mol. The van der Waals surface area contributed by atoms with Crippen LogP contribution in [0.15, 0.2) is 40.0 Å². The summed E-state index contributed by atoms with van der Waals surface area (Å²) in [5, 5.41) is 7.16. The molecule has 1 aromatic carbocycles. The van der Waals surface area contributed by atoms with Gasteiger partial charge in [-0.25, -0.2) is 4.98 Å². The van der Waals surface area contributed by atoms with Gasteiger partial charge < -0.3 is 14.4 Å². The summed E-state index contributed by atoms with van der Waals surface area (Å²) in [7, 11) is 0. The molecule has 0 radical (unpaired) electrons. The van der Waals surface area contributed by atoms with Crippen molar-refractivity contribution in [2.45, 2.75) is 51.1 Å². The van der Waals surface area contributed by atoms with E-state index in [9.17, 15) is 4.79 Å². The van der Waals surface area contributed by atoms with E-state index in [0.29, 0.717) is 17.5 Å². The fraction of sp³-hybridized carbons (Fsp3) is 0.421. The Bertz CT molecular complexity index is 900. The number of benzene rings is 1. The minimum absolute atomic E-state index is 0.120. The third-order valence-corrected chi connectivity index (χ3v) is 5.17. The van der Waals surface area contributed by atoms with E-state index in [1.807, 2.05) is 25.1 Å². The highest BCUT2D eigenvalue weighted by molar-refractivity contribution is 8.00. The van der Waals surface area contributed by atoms with Crippen LogP contribution in [-0.2, 0) is 11.3 Å². The lowest BCUT2D eigenvalue weighted by molar-refractivity contribution is -0.115. The molecule has 0 aliphatic rings. The second-order valence-corrected chi connectivity index (χ2v) is 8.10. The van der Waals surface area contributed by atoms with Crippen molar-refractivity contribution in [2.24, 2.45) is 5.92 Å². The van der Waals surface area contributed by atoms with E-state index >= 15 is 0 Å². The quantitative estimate of drug-likeness (QED) is 0.618. The maximum Gasteiger partial charge on any atom is 0.238 e. The molecular weight excluding hydrogens is 348 g/mol. The van der Waals surface area contributed by atoms with Gasteiger partial charge in [0.15, 0.2) is 11.0 Å². The molecule has 2 heterocycles. The third kappa shape index (κ3) is 4.27. The molecule has 0 spiro atoms. The molecule has 0 saturated carbocycles. The van der Waals surface area contributed by atoms with E-state index in [1.165, 1.54) is 11.8 Å². The summed E-state index contributed by atoms with van der Waals surface area (Å²) < 4.78 is 7.20. The molecule has 138 valence electrons. The Morgan fingerprint density at radius 3 is 2.77 bits per heavy atom. The molecule has 1 amide bonds. The number of thioether (sulfide) groups is 1. The van der Waals surface area contributed by atoms with Crippen LogP contribution < -0.4 is 5.32 Å². The van der Waals surface area contributed by atoms with Crippen molar-refractivity contribution in [3.8, 4) is 0 Å². The van der Waals surface area contributed by atoms with E-state index in [2.05, 4.69) is 35.0 Å². The second kappa shape index (κ2) is 7.95. The standard InChI is InChI=1S/C19H24N4O2S/c1-12(2)9-10-23-16-8-6-5-7-15(16)20-19(23)26-14(4)18(24)21-17-11-13(3)25-22-17/h5-8,11-12,14H,9-10H2,1-4H3,(H,21,22,24). The normalized spacial score (nSPS) is 12.7. The van der Waals surface area contributed by atoms with Gasteiger partial charge in [0, 0.05) is 12.6 Å². The summed E-state index contributed by atoms with van der Waals surface area (Å²) in [6.07, 6.45) is 1.06. The number of hydrogen-bond acceptors (Lipinski definition) is 5. The van der Waals surface area contributed by atoms with Crippen molar-refractivity contribution in [3.63, 3.8) is 0 Å². The van der Waals surface area contributed by atoms with Crippen LogP contribution in [0.2, 0.25) is 0 Å². The Kier molecular flexibility index (Phi) is 5.66. The molecule has 3 aromatic rings. The maximum absolute atomic E-state index is 12.5. The summed E-state index contributed by atoms with van der Waals surface area (Å²) >= 11 is 1.46. The van der Waals surface area contributed by atoms with E-state index in [-0.39, 0.29) is 11.2 Å². The Hall–Kier alpha value is -2.28. The molecular formula is C19H24N4O2S. The van der Waals surface area contributed by atoms with Gasteiger partial charge in [0.1, 0.15) is 5.76 Å². The zero-order valence-electron chi connectivity index (χ0n) is 15.5. The lowest BCUT2D eigenvalue weighted by Gasteiger charge is -2.13. The first-order valence-electron chi connectivity index (χ1n) is 8.80. The van der Waals surface area contributed by atoms with Gasteiger partial charge in [-0.3, -0.25) is 4.79 Å². The number of aryl methyl sites for hydroxylation is 2. The summed E-state index contributed by atoms with van der Waals surface area (Å²) in [6, 6.07) is 9.80. The number of anilines is 1. The van der Waals surface area contributed by atoms with Crippen LogP contribution in [0, 0.1) is 12.8 Å². The molecule has 3 rings (SSSR count). The first-order chi connectivity index (χ1) is 12.4. The number of para-hydroxylation sites is 2. The Morgan fingerprint density at radius 1 is 1.31 bits per heavy atom. The molecule has 0 saturated heterocycles. The summed E-state index contributed by atoms with van der Waals surface area (Å²) in [5.74, 6) is 1.58. The molecule has 2 aromatic heterocycles. The molecule has 1 atom stereocenters. The van der Waals surface area contributed by atoms with Crippen LogP contribution >= 0.6 is 11.8 Å². The van der Waals surface area contributed by atoms with Crippen LogP contribution in [0.25, 0.3) is 11.0 Å². The fourth-order valence-electron chi connectivity index (χ4n) is 2.61. The summed E-state index contributed by atoms with van der Waals surface area (Å²) in [4.78, 5) is 17.2. The zero-order valence-corrected chi connectivity index (χ0v) is 16.3. The minimum atomic E-state index is -0.304. The molecule has 0 aliphatic carbocycles. The number of amides is 1. The number of fused-ring (bicyclic) bond motifs is 1. The van der Waals surface area contributed by atoms with Gasteiger partial charge in [-0.1, -0.05) is 42.9 Å². The first-order valence-corrected chi connectivity index (χ1v) is 9.68. The van der Waals surface area contributed by atoms with Gasteiger partial charge in [-0.2, -0.15) is 0 Å². The molecule has 26 heavy (non-hydrogen) atoms. The largest absolute Gasteiger partial charge is 0.360 e. The molecule has 0 fully saturated rings. The average molecular weight is 372 g/mol. The fourth-order valence-corrected chi connectivity index (χ4v) is 3.56. The van der Waals surface area contributed by atoms with Crippen molar-refractivity contribution >= 4 is 34.5 Å². The van der Waals surface area contributed by atoms with Gasteiger partial charge in [0.2, 0.25) is 5.91 Å². The van der Waals surface area contributed by atoms with Crippen LogP contribution in [0.5, 0.6) is 0 Å². The zero-order chi connectivity index (χ0) is 18.7. The minimum Gasteiger partial charge on any atom is -0.360 e. The molecule has 0 bridgehead atoms. The average Bonchev–Trinajstić information content (AvgIpc) is 3.15. The number of carbonyl (C=O) groups is 1. The number of rotatable bonds is 7. The van der Waals surface area contributed by atoms with Crippen molar-refractivity contribution in [1.82, 2.24) is 14.7 Å². The van der Waals surface area contributed by atoms with Crippen LogP contribution in [0.4, 0.5) is 5.82 Å². The van der Waals surface area contributed by atoms with E-state index in [1.54, 1.807) is 13.0 Å². The maximum atomic E-state index is 12.5. The molecule has 6 nitrogen and oxygen atoms in total. The van der Waals surface area contributed by atoms with Crippen LogP contribution in [-0.4, -0.2) is 25.9 Å². The molecule has 7 heteroatoms. The van der Waals surface area contributed by atoms with Crippen molar-refractivity contribution in [2.75, 3.05) is 5.32 Å². The van der Waals surface area contributed by atoms with Gasteiger partial charge in [0.25, 0.3) is 0 Å². The van der Waals surface area contributed by atoms with Gasteiger partial charge in [-0.15, -0.1) is 0 Å². The SMILES string of the molecule is Cc1cc(NC(=O)C(C)Sc2nc3ccccc3n2CCC(C)C)no1. The monoisotopic (exact) mass is 372 g/mol. The highest BCUT2D eigenvalue weighted by Gasteiger charge is 2.20. The second-order valence-electron chi connectivity index (χ2n) is 6.79. The third-order valence-electron chi connectivity index (χ3n) is 4.08. The summed E-state index contributed by atoms with van der Waals surface area (Å²) in [6.45, 7) is 8.97. The van der Waals surface area contributed by atoms with Crippen molar-refractivity contribution < 1.29 is 9.32 Å². The van der Waals surface area contributed by atoms with Crippen LogP contribution in [0.3, 0.4) is 0 Å². The number of nitrogens with one attached hydrogen (secondary N) is 1. The van der Waals surface area contributed by atoms with E-state index < -0.39 is 0 Å². The highest BCUT2D eigenvalue weighted by atomic mass is 32.2. The smallest absolute Gasteiger partial charge is 0.238 e. The van der Waals surface area contributed by atoms with E-state index in [0.717, 1.165) is 29.2 Å². The summed E-state index contributed by atoms with van der Waals surface area (Å²) in [5.41, 5.74) is 2.06. The number of nitrogens with zero attached hydrogens (tertiary/aromatic N) is 3. The lowest BCUT2D eigenvalue weighted by Crippen LogP contribution is -2.23. The van der Waals surface area contributed by atoms with Crippen molar-refractivity contribution in [1.29, 1.82) is 0 Å². The predicted octanol–water partition coefficient (Wildman–Crippen LogP) is 4.50. The Balaban J connectivity index is 1.78. The number of hydrogen-bond donors (Lipinski definition) is 1.